The van der Waals surface area contributed by atoms with Crippen LogP contribution in [0.2, 0.25) is 0 Å². The highest BCUT2D eigenvalue weighted by molar-refractivity contribution is 6.02. The molecule has 148 valence electrons. The zero-order chi connectivity index (χ0) is 20.8. The van der Waals surface area contributed by atoms with Gasteiger partial charge in [-0.15, -0.1) is 5.10 Å². The molecular formula is C20H16F3N5O. The number of nitrogens with one attached hydrogen (secondary N) is 1. The van der Waals surface area contributed by atoms with Gasteiger partial charge in [0.15, 0.2) is 0 Å². The van der Waals surface area contributed by atoms with Gasteiger partial charge in [0.2, 0.25) is 5.91 Å². The minimum atomic E-state index is -4.67. The van der Waals surface area contributed by atoms with Crippen molar-refractivity contribution in [3.8, 4) is 0 Å². The van der Waals surface area contributed by atoms with Crippen molar-refractivity contribution in [2.75, 3.05) is 5.32 Å². The second-order valence-corrected chi connectivity index (χ2v) is 6.66. The zero-order valence-corrected chi connectivity index (χ0v) is 15.6. The number of alkyl halides is 3. The van der Waals surface area contributed by atoms with Gasteiger partial charge < -0.3 is 5.32 Å². The van der Waals surface area contributed by atoms with Crippen LogP contribution in [-0.2, 0) is 17.4 Å². The van der Waals surface area contributed by atoms with Gasteiger partial charge in [-0.2, -0.15) is 18.2 Å². The maximum atomic E-state index is 12.9. The van der Waals surface area contributed by atoms with E-state index in [1.165, 1.54) is 0 Å². The first-order valence-electron chi connectivity index (χ1n) is 8.81. The van der Waals surface area contributed by atoms with Gasteiger partial charge in [0.05, 0.1) is 6.42 Å². The van der Waals surface area contributed by atoms with Crippen LogP contribution in [0.4, 0.5) is 18.9 Å². The lowest BCUT2D eigenvalue weighted by molar-refractivity contribution is -0.144. The number of carbonyl (C=O) groups is 1. The first-order chi connectivity index (χ1) is 13.7. The van der Waals surface area contributed by atoms with Crippen molar-refractivity contribution in [1.82, 2.24) is 19.6 Å². The van der Waals surface area contributed by atoms with E-state index in [9.17, 15) is 18.0 Å². The summed E-state index contributed by atoms with van der Waals surface area (Å²) in [6.07, 6.45) is -4.72. The first kappa shape index (κ1) is 18.9. The Hall–Kier alpha value is -3.49. The molecule has 0 aliphatic rings. The zero-order valence-electron chi connectivity index (χ0n) is 15.6. The summed E-state index contributed by atoms with van der Waals surface area (Å²) < 4.78 is 39.8. The van der Waals surface area contributed by atoms with E-state index >= 15 is 0 Å². The summed E-state index contributed by atoms with van der Waals surface area (Å²) in [5, 5.41) is 8.27. The predicted molar refractivity (Wildman–Crippen MR) is 102 cm³/mol. The monoisotopic (exact) mass is 399 g/mol. The van der Waals surface area contributed by atoms with Crippen molar-refractivity contribution in [1.29, 1.82) is 0 Å². The molecule has 0 saturated carbocycles. The van der Waals surface area contributed by atoms with E-state index in [1.54, 1.807) is 19.9 Å². The second-order valence-electron chi connectivity index (χ2n) is 6.66. The molecule has 0 radical (unpaired) electrons. The van der Waals surface area contributed by atoms with Crippen LogP contribution < -0.4 is 5.32 Å². The largest absolute Gasteiger partial charge is 0.453 e. The molecule has 9 heteroatoms. The Morgan fingerprint density at radius 3 is 2.55 bits per heavy atom. The summed E-state index contributed by atoms with van der Waals surface area (Å²) in [6, 6.07) is 13.2. The van der Waals surface area contributed by atoms with Crippen molar-refractivity contribution in [3.05, 3.63) is 65.2 Å². The van der Waals surface area contributed by atoms with Crippen LogP contribution in [0.3, 0.4) is 0 Å². The fourth-order valence-electron chi connectivity index (χ4n) is 3.27. The van der Waals surface area contributed by atoms with Crippen molar-refractivity contribution in [2.24, 2.45) is 0 Å². The number of carbonyl (C=O) groups excluding carboxylic acids is 1. The summed E-state index contributed by atoms with van der Waals surface area (Å²) in [4.78, 5) is 20.2. The Bertz CT molecular complexity index is 1240. The molecule has 0 atom stereocenters. The van der Waals surface area contributed by atoms with Crippen molar-refractivity contribution < 1.29 is 18.0 Å². The summed E-state index contributed by atoms with van der Waals surface area (Å²) in [6.45, 7) is 3.23. The van der Waals surface area contributed by atoms with Crippen LogP contribution in [0.25, 0.3) is 16.6 Å². The maximum Gasteiger partial charge on any atom is 0.453 e. The number of hydrogen-bond acceptors (Lipinski definition) is 4. The molecule has 4 aromatic rings. The second kappa shape index (κ2) is 6.84. The topological polar surface area (TPSA) is 72.2 Å². The number of fused-ring (bicyclic) bond motifs is 2. The molecule has 2 heterocycles. The lowest BCUT2D eigenvalue weighted by atomic mass is 10.1. The Balaban J connectivity index is 1.65. The van der Waals surface area contributed by atoms with E-state index in [0.717, 1.165) is 15.3 Å². The average Bonchev–Trinajstić information content (AvgIpc) is 3.10. The lowest BCUT2D eigenvalue weighted by Crippen LogP contribution is -2.18. The highest BCUT2D eigenvalue weighted by atomic mass is 19.4. The van der Waals surface area contributed by atoms with Gasteiger partial charge in [0, 0.05) is 28.0 Å². The number of anilines is 1. The highest BCUT2D eigenvalue weighted by Gasteiger charge is 2.37. The Morgan fingerprint density at radius 2 is 1.79 bits per heavy atom. The normalized spacial score (nSPS) is 11.9. The molecule has 2 aromatic heterocycles. The molecule has 6 nitrogen and oxygen atoms in total. The summed E-state index contributed by atoms with van der Waals surface area (Å²) in [5.74, 6) is -1.71. The highest BCUT2D eigenvalue weighted by Crippen LogP contribution is 2.27. The summed E-state index contributed by atoms with van der Waals surface area (Å²) in [7, 11) is 0. The van der Waals surface area contributed by atoms with Crippen molar-refractivity contribution in [2.45, 2.75) is 26.4 Å². The number of hydrogen-bond donors (Lipinski definition) is 1. The van der Waals surface area contributed by atoms with E-state index in [-0.39, 0.29) is 18.1 Å². The number of benzene rings is 2. The maximum absolute atomic E-state index is 12.9. The van der Waals surface area contributed by atoms with Gasteiger partial charge in [-0.3, -0.25) is 4.79 Å². The lowest BCUT2D eigenvalue weighted by Gasteiger charge is -2.12. The molecule has 29 heavy (non-hydrogen) atoms. The summed E-state index contributed by atoms with van der Waals surface area (Å²) in [5.41, 5.74) is 2.00. The molecule has 0 fully saturated rings. The van der Waals surface area contributed by atoms with Gasteiger partial charge in [-0.05, 0) is 25.3 Å². The van der Waals surface area contributed by atoms with Crippen LogP contribution in [0, 0.1) is 13.8 Å². The van der Waals surface area contributed by atoms with Crippen molar-refractivity contribution in [3.63, 3.8) is 0 Å². The van der Waals surface area contributed by atoms with Crippen LogP contribution in [0.15, 0.2) is 42.5 Å². The Morgan fingerprint density at radius 1 is 1.07 bits per heavy atom. The molecule has 1 amide bonds. The average molecular weight is 399 g/mol. The molecule has 0 spiro atoms. The smallest absolute Gasteiger partial charge is 0.325 e. The number of amides is 1. The van der Waals surface area contributed by atoms with Gasteiger partial charge in [0.1, 0.15) is 0 Å². The third-order valence-corrected chi connectivity index (χ3v) is 4.70. The molecule has 0 bridgehead atoms. The van der Waals surface area contributed by atoms with E-state index in [1.807, 2.05) is 36.4 Å². The number of aryl methyl sites for hydroxylation is 2. The number of nitrogens with zero attached hydrogens (tertiary/aromatic N) is 4. The van der Waals surface area contributed by atoms with Crippen molar-refractivity contribution >= 4 is 28.1 Å². The third-order valence-electron chi connectivity index (χ3n) is 4.70. The minimum absolute atomic E-state index is 0.0506. The molecule has 2 aromatic carbocycles. The van der Waals surface area contributed by atoms with E-state index in [4.69, 9.17) is 0 Å². The molecule has 1 N–H and O–H groups in total. The van der Waals surface area contributed by atoms with Crippen LogP contribution in [0.5, 0.6) is 0 Å². The first-order valence-corrected chi connectivity index (χ1v) is 8.81. The van der Waals surface area contributed by atoms with Gasteiger partial charge >= 0.3 is 6.18 Å². The fourth-order valence-corrected chi connectivity index (χ4v) is 3.27. The molecule has 0 unspecified atom stereocenters. The Kier molecular flexibility index (Phi) is 4.45. The SMILES string of the molecule is Cc1nc2nc(C(F)(F)F)nn2c(C)c1CC(=O)Nc1cccc2ccccc12. The van der Waals surface area contributed by atoms with Gasteiger partial charge in [-0.25, -0.2) is 9.50 Å². The number of aromatic nitrogens is 4. The van der Waals surface area contributed by atoms with Gasteiger partial charge in [-0.1, -0.05) is 36.4 Å². The molecule has 0 saturated heterocycles. The van der Waals surface area contributed by atoms with Crippen LogP contribution in [-0.4, -0.2) is 25.5 Å². The molecular weight excluding hydrogens is 383 g/mol. The summed E-state index contributed by atoms with van der Waals surface area (Å²) >= 11 is 0. The standard InChI is InChI=1S/C20H16F3N5O/c1-11-15(12(2)28-19(24-11)26-18(27-28)20(21,22)23)10-17(29)25-16-9-5-7-13-6-3-4-8-14(13)16/h3-9H,10H2,1-2H3,(H,25,29). The predicted octanol–water partition coefficient (Wildman–Crippen LogP) is 4.09. The Labute approximate surface area is 163 Å². The quantitative estimate of drug-likeness (QED) is 0.563. The van der Waals surface area contributed by atoms with Crippen LogP contribution >= 0.6 is 0 Å². The fraction of sp³-hybridized carbons (Fsp3) is 0.200. The van der Waals surface area contributed by atoms with E-state index < -0.39 is 12.0 Å². The number of halogens is 3. The van der Waals surface area contributed by atoms with Crippen LogP contribution in [0.1, 0.15) is 22.8 Å². The van der Waals surface area contributed by atoms with E-state index in [0.29, 0.717) is 22.6 Å². The molecule has 0 aliphatic heterocycles. The molecule has 0 aliphatic carbocycles. The minimum Gasteiger partial charge on any atom is -0.325 e. The van der Waals surface area contributed by atoms with E-state index in [2.05, 4.69) is 20.4 Å². The molecule has 4 rings (SSSR count). The van der Waals surface area contributed by atoms with Gasteiger partial charge in [0.25, 0.3) is 11.6 Å². The third kappa shape index (κ3) is 3.51. The number of rotatable bonds is 3.